The van der Waals surface area contributed by atoms with Crippen molar-refractivity contribution in [3.63, 3.8) is 0 Å². The van der Waals surface area contributed by atoms with Gasteiger partial charge in [-0.25, -0.2) is 8.42 Å². The van der Waals surface area contributed by atoms with E-state index in [1.165, 1.54) is 39.2 Å². The third-order valence-corrected chi connectivity index (χ3v) is 4.64. The highest BCUT2D eigenvalue weighted by Gasteiger charge is 2.29. The van der Waals surface area contributed by atoms with Crippen molar-refractivity contribution in [3.8, 4) is 0 Å². The molecule has 0 saturated carbocycles. The molecule has 0 N–H and O–H groups in total. The van der Waals surface area contributed by atoms with Gasteiger partial charge >= 0.3 is 0 Å². The summed E-state index contributed by atoms with van der Waals surface area (Å²) in [5, 5.41) is -1.66. The molecular formula is C11H14B2N2O3S. The number of hydrogen-bond acceptors (Lipinski definition) is 4. The Morgan fingerprint density at radius 2 is 2.05 bits per heavy atom. The lowest BCUT2D eigenvalue weighted by Gasteiger charge is -2.36. The lowest BCUT2D eigenvalue weighted by atomic mass is 9.58. The van der Waals surface area contributed by atoms with E-state index < -0.39 is 15.2 Å². The summed E-state index contributed by atoms with van der Waals surface area (Å²) in [7, 11) is 9.76. The van der Waals surface area contributed by atoms with E-state index >= 15 is 0 Å². The highest BCUT2D eigenvalue weighted by atomic mass is 32.2. The summed E-state index contributed by atoms with van der Waals surface area (Å²) in [5.41, 5.74) is 0.111. The van der Waals surface area contributed by atoms with E-state index in [-0.39, 0.29) is 22.2 Å². The first-order valence-corrected chi connectivity index (χ1v) is 7.29. The van der Waals surface area contributed by atoms with Crippen molar-refractivity contribution in [2.24, 2.45) is 0 Å². The monoisotopic (exact) mass is 276 g/mol. The van der Waals surface area contributed by atoms with Gasteiger partial charge in [0.25, 0.3) is 0 Å². The molecule has 1 heterocycles. The Bertz CT molecular complexity index is 587. The molecule has 8 heteroatoms. The molecule has 0 spiro atoms. The molecule has 1 aromatic rings. The summed E-state index contributed by atoms with van der Waals surface area (Å²) in [4.78, 5) is 16.5. The Labute approximate surface area is 116 Å². The SMILES string of the molecule is [B]C([B])(c1cc(S(=O)(=O)CC)ccn1)N(C)C(C)=O. The second-order valence-electron chi connectivity index (χ2n) is 4.18. The fourth-order valence-corrected chi connectivity index (χ4v) is 2.32. The van der Waals surface area contributed by atoms with Gasteiger partial charge in [0.15, 0.2) is 9.84 Å². The molecule has 0 aliphatic carbocycles. The van der Waals surface area contributed by atoms with Gasteiger partial charge in [-0.3, -0.25) is 9.78 Å². The van der Waals surface area contributed by atoms with Gasteiger partial charge in [-0.05, 0) is 12.1 Å². The summed E-state index contributed by atoms with van der Waals surface area (Å²) < 4.78 is 23.6. The summed E-state index contributed by atoms with van der Waals surface area (Å²) in [5.74, 6) is -0.392. The van der Waals surface area contributed by atoms with Crippen molar-refractivity contribution in [1.82, 2.24) is 9.88 Å². The van der Waals surface area contributed by atoms with Crippen LogP contribution in [0.15, 0.2) is 23.2 Å². The van der Waals surface area contributed by atoms with Crippen LogP contribution in [0.1, 0.15) is 19.5 Å². The van der Waals surface area contributed by atoms with Crippen molar-refractivity contribution in [3.05, 3.63) is 24.0 Å². The zero-order chi connectivity index (χ0) is 14.8. The largest absolute Gasteiger partial charge is 0.352 e. The molecular weight excluding hydrogens is 262 g/mol. The van der Waals surface area contributed by atoms with Gasteiger partial charge in [0, 0.05) is 31.2 Å². The molecule has 0 aromatic carbocycles. The van der Waals surface area contributed by atoms with Crippen LogP contribution in [-0.2, 0) is 20.0 Å². The Morgan fingerprint density at radius 1 is 1.47 bits per heavy atom. The van der Waals surface area contributed by atoms with Gasteiger partial charge in [-0.1, -0.05) is 6.92 Å². The average molecular weight is 276 g/mol. The van der Waals surface area contributed by atoms with E-state index in [1.807, 2.05) is 0 Å². The molecule has 0 bridgehead atoms. The molecule has 0 unspecified atom stereocenters. The maximum atomic E-state index is 11.8. The smallest absolute Gasteiger partial charge is 0.218 e. The number of nitrogens with zero attached hydrogens (tertiary/aromatic N) is 2. The minimum Gasteiger partial charge on any atom is -0.352 e. The fourth-order valence-electron chi connectivity index (χ4n) is 1.42. The standard InChI is InChI=1S/C11H14B2N2O3S/c1-4-19(17,18)9-5-6-14-10(7-9)11(12,13)15(3)8(2)16/h5-7H,4H2,1-3H3. The third kappa shape index (κ3) is 3.18. The van der Waals surface area contributed by atoms with Crippen molar-refractivity contribution < 1.29 is 13.2 Å². The zero-order valence-electron chi connectivity index (χ0n) is 11.1. The number of hydrogen-bond donors (Lipinski definition) is 0. The number of carbonyl (C=O) groups is 1. The molecule has 4 radical (unpaired) electrons. The van der Waals surface area contributed by atoms with Crippen LogP contribution in [0.3, 0.4) is 0 Å². The number of carbonyl (C=O) groups excluding carboxylic acids is 1. The number of rotatable bonds is 4. The predicted octanol–water partition coefficient (Wildman–Crippen LogP) is -0.199. The number of sulfone groups is 1. The fraction of sp³-hybridized carbons (Fsp3) is 0.455. The van der Waals surface area contributed by atoms with E-state index in [4.69, 9.17) is 15.7 Å². The van der Waals surface area contributed by atoms with Gasteiger partial charge in [-0.15, -0.1) is 0 Å². The zero-order valence-corrected chi connectivity index (χ0v) is 11.9. The average Bonchev–Trinajstić information content (AvgIpc) is 2.37. The summed E-state index contributed by atoms with van der Waals surface area (Å²) in [6.45, 7) is 2.84. The Hall–Kier alpha value is -1.30. The second-order valence-corrected chi connectivity index (χ2v) is 6.46. The summed E-state index contributed by atoms with van der Waals surface area (Å²) in [6, 6.07) is 2.66. The maximum Gasteiger partial charge on any atom is 0.218 e. The van der Waals surface area contributed by atoms with E-state index in [2.05, 4.69) is 4.98 Å². The Kier molecular flexibility index (Phi) is 4.45. The number of amides is 1. The summed E-state index contributed by atoms with van der Waals surface area (Å²) in [6.07, 6.45) is 1.31. The molecule has 0 atom stereocenters. The Morgan fingerprint density at radius 3 is 2.53 bits per heavy atom. The van der Waals surface area contributed by atoms with E-state index in [0.717, 1.165) is 4.90 Å². The van der Waals surface area contributed by atoms with Crippen LogP contribution in [0.5, 0.6) is 0 Å². The number of pyridine rings is 1. The lowest BCUT2D eigenvalue weighted by Crippen LogP contribution is -2.48. The molecule has 0 saturated heterocycles. The van der Waals surface area contributed by atoms with Crippen LogP contribution in [0, 0.1) is 0 Å². The first-order valence-electron chi connectivity index (χ1n) is 5.64. The normalized spacial score (nSPS) is 12.2. The topological polar surface area (TPSA) is 67.3 Å². The minimum absolute atomic E-state index is 0.0405. The highest BCUT2D eigenvalue weighted by molar-refractivity contribution is 7.91. The molecule has 0 aliphatic heterocycles. The second kappa shape index (κ2) is 5.36. The third-order valence-electron chi connectivity index (χ3n) is 2.91. The molecule has 0 aliphatic rings. The van der Waals surface area contributed by atoms with Crippen LogP contribution in [-0.4, -0.2) is 52.7 Å². The van der Waals surface area contributed by atoms with Gasteiger partial charge in [0.2, 0.25) is 5.91 Å². The van der Waals surface area contributed by atoms with Gasteiger partial charge in [0.1, 0.15) is 0 Å². The van der Waals surface area contributed by atoms with Crippen LogP contribution in [0.25, 0.3) is 0 Å². The number of aromatic nitrogens is 1. The van der Waals surface area contributed by atoms with E-state index in [9.17, 15) is 13.2 Å². The van der Waals surface area contributed by atoms with Crippen LogP contribution in [0.2, 0.25) is 0 Å². The molecule has 1 rings (SSSR count). The van der Waals surface area contributed by atoms with Gasteiger partial charge in [-0.2, -0.15) is 0 Å². The van der Waals surface area contributed by atoms with E-state index in [0.29, 0.717) is 0 Å². The van der Waals surface area contributed by atoms with Crippen molar-refractivity contribution in [2.45, 2.75) is 24.1 Å². The first kappa shape index (κ1) is 15.8. The molecule has 1 aromatic heterocycles. The minimum atomic E-state index is -3.38. The summed E-state index contributed by atoms with van der Waals surface area (Å²) >= 11 is 0. The van der Waals surface area contributed by atoms with Crippen LogP contribution in [0.4, 0.5) is 0 Å². The Balaban J connectivity index is 3.31. The molecule has 19 heavy (non-hydrogen) atoms. The first-order chi connectivity index (χ1) is 8.63. The molecule has 0 fully saturated rings. The van der Waals surface area contributed by atoms with Crippen LogP contribution < -0.4 is 0 Å². The quantitative estimate of drug-likeness (QED) is 0.714. The van der Waals surface area contributed by atoms with Crippen molar-refractivity contribution >= 4 is 31.4 Å². The van der Waals surface area contributed by atoms with E-state index in [1.54, 1.807) is 0 Å². The lowest BCUT2D eigenvalue weighted by molar-refractivity contribution is -0.129. The van der Waals surface area contributed by atoms with Crippen molar-refractivity contribution in [1.29, 1.82) is 0 Å². The van der Waals surface area contributed by atoms with Gasteiger partial charge in [0.05, 0.1) is 26.3 Å². The molecule has 1 amide bonds. The van der Waals surface area contributed by atoms with Gasteiger partial charge < -0.3 is 4.90 Å². The predicted molar refractivity (Wildman–Crippen MR) is 73.6 cm³/mol. The molecule has 5 nitrogen and oxygen atoms in total. The van der Waals surface area contributed by atoms with Crippen LogP contribution >= 0.6 is 0 Å². The highest BCUT2D eigenvalue weighted by Crippen LogP contribution is 2.21. The maximum absolute atomic E-state index is 11.8. The molecule has 98 valence electrons. The van der Waals surface area contributed by atoms with Crippen molar-refractivity contribution in [2.75, 3.05) is 12.8 Å².